The highest BCUT2D eigenvalue weighted by Gasteiger charge is 2.20. The third kappa shape index (κ3) is 6.40. The van der Waals surface area contributed by atoms with Crippen molar-refractivity contribution in [2.24, 2.45) is 0 Å². The average Bonchev–Trinajstić information content (AvgIpc) is 2.59. The van der Waals surface area contributed by atoms with Gasteiger partial charge in [0.25, 0.3) is 0 Å². The van der Waals surface area contributed by atoms with E-state index < -0.39 is 15.9 Å². The summed E-state index contributed by atoms with van der Waals surface area (Å²) in [5.41, 5.74) is 2.23. The van der Waals surface area contributed by atoms with Crippen LogP contribution >= 0.6 is 11.6 Å². The Bertz CT molecular complexity index is 854. The SMILES string of the molecule is CCc1cccc(CCN(CC(=O)Nc2ccc(Cl)cn2)S(C)(=O)=O)c1. The van der Waals surface area contributed by atoms with Gasteiger partial charge < -0.3 is 5.32 Å². The van der Waals surface area contributed by atoms with Gasteiger partial charge in [-0.25, -0.2) is 13.4 Å². The van der Waals surface area contributed by atoms with Gasteiger partial charge in [-0.1, -0.05) is 42.8 Å². The summed E-state index contributed by atoms with van der Waals surface area (Å²) in [6.45, 7) is 2.03. The third-order valence-corrected chi connectivity index (χ3v) is 5.31. The van der Waals surface area contributed by atoms with Crippen LogP contribution < -0.4 is 5.32 Å². The fourth-order valence-electron chi connectivity index (χ4n) is 2.41. The molecule has 0 bridgehead atoms. The lowest BCUT2D eigenvalue weighted by Crippen LogP contribution is -2.38. The van der Waals surface area contributed by atoms with Crippen LogP contribution in [0.5, 0.6) is 0 Å². The van der Waals surface area contributed by atoms with E-state index in [0.717, 1.165) is 22.5 Å². The molecule has 0 unspecified atom stereocenters. The molecule has 26 heavy (non-hydrogen) atoms. The van der Waals surface area contributed by atoms with Gasteiger partial charge in [-0.05, 0) is 36.1 Å². The molecule has 1 heterocycles. The van der Waals surface area contributed by atoms with Crippen molar-refractivity contribution < 1.29 is 13.2 Å². The van der Waals surface area contributed by atoms with Crippen LogP contribution in [-0.2, 0) is 27.7 Å². The summed E-state index contributed by atoms with van der Waals surface area (Å²) in [5.74, 6) is -0.129. The number of nitrogens with zero attached hydrogens (tertiary/aromatic N) is 2. The first-order valence-electron chi connectivity index (χ1n) is 8.22. The van der Waals surface area contributed by atoms with Crippen molar-refractivity contribution in [2.45, 2.75) is 19.8 Å². The summed E-state index contributed by atoms with van der Waals surface area (Å²) in [6, 6.07) is 11.2. The van der Waals surface area contributed by atoms with Gasteiger partial charge in [0.1, 0.15) is 5.82 Å². The lowest BCUT2D eigenvalue weighted by Gasteiger charge is -2.19. The molecule has 0 saturated heterocycles. The van der Waals surface area contributed by atoms with Crippen LogP contribution in [0.4, 0.5) is 5.82 Å². The molecule has 0 aliphatic rings. The minimum absolute atomic E-state index is 0.230. The quantitative estimate of drug-likeness (QED) is 0.745. The van der Waals surface area contributed by atoms with Crippen LogP contribution in [0.25, 0.3) is 0 Å². The monoisotopic (exact) mass is 395 g/mol. The van der Waals surface area contributed by atoms with E-state index in [4.69, 9.17) is 11.6 Å². The number of anilines is 1. The predicted molar refractivity (Wildman–Crippen MR) is 104 cm³/mol. The first-order chi connectivity index (χ1) is 12.3. The molecule has 0 atom stereocenters. The highest BCUT2D eigenvalue weighted by atomic mass is 35.5. The van der Waals surface area contributed by atoms with Gasteiger partial charge in [0.05, 0.1) is 17.8 Å². The van der Waals surface area contributed by atoms with Gasteiger partial charge in [-0.3, -0.25) is 4.79 Å². The second kappa shape index (κ2) is 9.12. The van der Waals surface area contributed by atoms with Crippen molar-refractivity contribution in [1.29, 1.82) is 0 Å². The molecule has 1 N–H and O–H groups in total. The number of sulfonamides is 1. The van der Waals surface area contributed by atoms with Crippen LogP contribution in [0.1, 0.15) is 18.1 Å². The second-order valence-electron chi connectivity index (χ2n) is 5.93. The van der Waals surface area contributed by atoms with Crippen LogP contribution in [0.2, 0.25) is 5.02 Å². The number of aryl methyl sites for hydroxylation is 1. The van der Waals surface area contributed by atoms with Crippen molar-refractivity contribution in [1.82, 2.24) is 9.29 Å². The first-order valence-corrected chi connectivity index (χ1v) is 10.4. The molecule has 2 rings (SSSR count). The molecule has 6 nitrogen and oxygen atoms in total. The Morgan fingerprint density at radius 1 is 1.23 bits per heavy atom. The standard InChI is InChI=1S/C18H22ClN3O3S/c1-3-14-5-4-6-15(11-14)9-10-22(26(2,24)25)13-18(23)21-17-8-7-16(19)12-20-17/h4-8,11-12H,3,9-10,13H2,1-2H3,(H,20,21,23). The second-order valence-corrected chi connectivity index (χ2v) is 8.35. The molecule has 1 amide bonds. The Balaban J connectivity index is 2.00. The highest BCUT2D eigenvalue weighted by molar-refractivity contribution is 7.88. The summed E-state index contributed by atoms with van der Waals surface area (Å²) in [7, 11) is -3.51. The Labute approximate surface area is 159 Å². The number of amides is 1. The van der Waals surface area contributed by atoms with E-state index in [2.05, 4.69) is 23.3 Å². The molecule has 140 valence electrons. The van der Waals surface area contributed by atoms with Gasteiger partial charge in [0.15, 0.2) is 0 Å². The molecule has 0 fully saturated rings. The molecule has 0 aliphatic heterocycles. The van der Waals surface area contributed by atoms with E-state index >= 15 is 0 Å². The maximum absolute atomic E-state index is 12.2. The fourth-order valence-corrected chi connectivity index (χ4v) is 3.30. The number of hydrogen-bond acceptors (Lipinski definition) is 4. The molecule has 0 aliphatic carbocycles. The highest BCUT2D eigenvalue weighted by Crippen LogP contribution is 2.11. The van der Waals surface area contributed by atoms with Crippen LogP contribution in [0, 0.1) is 0 Å². The molecule has 0 spiro atoms. The number of halogens is 1. The number of hydrogen-bond donors (Lipinski definition) is 1. The number of pyridine rings is 1. The van der Waals surface area contributed by atoms with Gasteiger partial charge in [0, 0.05) is 12.7 Å². The Hall–Kier alpha value is -1.96. The zero-order valence-electron chi connectivity index (χ0n) is 14.8. The number of benzene rings is 1. The van der Waals surface area contributed by atoms with E-state index in [-0.39, 0.29) is 13.1 Å². The molecule has 1 aromatic heterocycles. The summed E-state index contributed by atoms with van der Waals surface area (Å²) >= 11 is 5.75. The predicted octanol–water partition coefficient (Wildman–Crippen LogP) is 2.74. The van der Waals surface area contributed by atoms with Crippen molar-refractivity contribution in [3.05, 3.63) is 58.7 Å². The number of carbonyl (C=O) groups excluding carboxylic acids is 1. The smallest absolute Gasteiger partial charge is 0.240 e. The lowest BCUT2D eigenvalue weighted by molar-refractivity contribution is -0.116. The number of rotatable bonds is 8. The van der Waals surface area contributed by atoms with Crippen molar-refractivity contribution in [2.75, 3.05) is 24.7 Å². The Morgan fingerprint density at radius 3 is 2.58 bits per heavy atom. The summed E-state index contributed by atoms with van der Waals surface area (Å²) < 4.78 is 25.2. The van der Waals surface area contributed by atoms with Crippen LogP contribution in [0.3, 0.4) is 0 Å². The molecule has 0 saturated carbocycles. The summed E-state index contributed by atoms with van der Waals surface area (Å²) in [5, 5.41) is 3.03. The topological polar surface area (TPSA) is 79.4 Å². The largest absolute Gasteiger partial charge is 0.310 e. The van der Waals surface area contributed by atoms with Gasteiger partial charge in [-0.2, -0.15) is 4.31 Å². The van der Waals surface area contributed by atoms with Gasteiger partial charge in [0.2, 0.25) is 15.9 Å². The minimum atomic E-state index is -3.51. The maximum atomic E-state index is 12.2. The summed E-state index contributed by atoms with van der Waals surface area (Å²) in [6.07, 6.45) is 3.96. The minimum Gasteiger partial charge on any atom is -0.310 e. The van der Waals surface area contributed by atoms with Crippen molar-refractivity contribution >= 4 is 33.3 Å². The van der Waals surface area contributed by atoms with Crippen LogP contribution in [0.15, 0.2) is 42.6 Å². The van der Waals surface area contributed by atoms with E-state index in [1.807, 2.05) is 18.2 Å². The summed E-state index contributed by atoms with van der Waals surface area (Å²) in [4.78, 5) is 16.1. The number of carbonyl (C=O) groups is 1. The Kier molecular flexibility index (Phi) is 7.14. The molecular weight excluding hydrogens is 374 g/mol. The zero-order valence-corrected chi connectivity index (χ0v) is 16.3. The molecule has 1 aromatic carbocycles. The zero-order chi connectivity index (χ0) is 19.2. The maximum Gasteiger partial charge on any atom is 0.240 e. The van der Waals surface area contributed by atoms with Crippen molar-refractivity contribution in [3.8, 4) is 0 Å². The van der Waals surface area contributed by atoms with Crippen LogP contribution in [-0.4, -0.2) is 43.0 Å². The molecular formula is C18H22ClN3O3S. The normalized spacial score (nSPS) is 11.5. The number of nitrogens with one attached hydrogen (secondary N) is 1. The fraction of sp³-hybridized carbons (Fsp3) is 0.333. The first kappa shape index (κ1) is 20.4. The van der Waals surface area contributed by atoms with Gasteiger partial charge in [-0.15, -0.1) is 0 Å². The van der Waals surface area contributed by atoms with E-state index in [1.165, 1.54) is 11.8 Å². The van der Waals surface area contributed by atoms with Crippen molar-refractivity contribution in [3.63, 3.8) is 0 Å². The van der Waals surface area contributed by atoms with E-state index in [9.17, 15) is 13.2 Å². The Morgan fingerprint density at radius 2 is 1.96 bits per heavy atom. The molecule has 0 radical (unpaired) electrons. The third-order valence-electron chi connectivity index (χ3n) is 3.83. The number of aromatic nitrogens is 1. The van der Waals surface area contributed by atoms with E-state index in [0.29, 0.717) is 17.3 Å². The van der Waals surface area contributed by atoms with E-state index in [1.54, 1.807) is 12.1 Å². The molecule has 8 heteroatoms. The van der Waals surface area contributed by atoms with Gasteiger partial charge >= 0.3 is 0 Å². The lowest BCUT2D eigenvalue weighted by atomic mass is 10.1. The average molecular weight is 396 g/mol. The molecule has 2 aromatic rings.